The Morgan fingerprint density at radius 1 is 0.920 bits per heavy atom. The standard InChI is InChI=1S/C20H16FNO3/c21-17-7-3-4-8-18(17)22-19(23)13-25-20(24)12-14-9-10-15-5-1-2-6-16(15)11-14/h1-11H,12-13H2,(H,22,23). The lowest BCUT2D eigenvalue weighted by atomic mass is 10.1. The molecule has 0 heterocycles. The summed E-state index contributed by atoms with van der Waals surface area (Å²) in [5.41, 5.74) is 0.858. The molecular weight excluding hydrogens is 321 g/mol. The van der Waals surface area contributed by atoms with Crippen molar-refractivity contribution < 1.29 is 18.7 Å². The number of hydrogen-bond acceptors (Lipinski definition) is 3. The van der Waals surface area contributed by atoms with Crippen molar-refractivity contribution >= 4 is 28.3 Å². The summed E-state index contributed by atoms with van der Waals surface area (Å²) in [7, 11) is 0. The molecule has 0 unspecified atom stereocenters. The van der Waals surface area contributed by atoms with E-state index in [-0.39, 0.29) is 12.1 Å². The van der Waals surface area contributed by atoms with E-state index in [2.05, 4.69) is 5.32 Å². The highest BCUT2D eigenvalue weighted by molar-refractivity contribution is 5.93. The van der Waals surface area contributed by atoms with Crippen LogP contribution in [0.25, 0.3) is 10.8 Å². The molecule has 5 heteroatoms. The number of anilines is 1. The van der Waals surface area contributed by atoms with Gasteiger partial charge in [0, 0.05) is 0 Å². The van der Waals surface area contributed by atoms with Gasteiger partial charge in [-0.25, -0.2) is 4.39 Å². The Kier molecular flexibility index (Phi) is 5.04. The molecule has 0 aromatic heterocycles. The van der Waals surface area contributed by atoms with Gasteiger partial charge in [-0.15, -0.1) is 0 Å². The number of fused-ring (bicyclic) bond motifs is 1. The number of amides is 1. The molecule has 25 heavy (non-hydrogen) atoms. The lowest BCUT2D eigenvalue weighted by Gasteiger charge is -2.08. The Hall–Kier alpha value is -3.21. The molecule has 0 saturated carbocycles. The first kappa shape index (κ1) is 16.6. The van der Waals surface area contributed by atoms with Crippen molar-refractivity contribution in [3.63, 3.8) is 0 Å². The van der Waals surface area contributed by atoms with Gasteiger partial charge in [-0.2, -0.15) is 0 Å². The van der Waals surface area contributed by atoms with Crippen molar-refractivity contribution in [2.45, 2.75) is 6.42 Å². The molecule has 0 aliphatic heterocycles. The summed E-state index contributed by atoms with van der Waals surface area (Å²) in [4.78, 5) is 23.6. The summed E-state index contributed by atoms with van der Waals surface area (Å²) >= 11 is 0. The van der Waals surface area contributed by atoms with Crippen LogP contribution in [-0.4, -0.2) is 18.5 Å². The molecule has 0 aliphatic carbocycles. The first-order chi connectivity index (χ1) is 12.1. The molecule has 0 radical (unpaired) electrons. The lowest BCUT2D eigenvalue weighted by molar-refractivity contribution is -0.146. The average Bonchev–Trinajstić information content (AvgIpc) is 2.62. The van der Waals surface area contributed by atoms with Gasteiger partial charge >= 0.3 is 5.97 Å². The van der Waals surface area contributed by atoms with Crippen molar-refractivity contribution in [2.75, 3.05) is 11.9 Å². The molecule has 4 nitrogen and oxygen atoms in total. The zero-order valence-electron chi connectivity index (χ0n) is 13.4. The Morgan fingerprint density at radius 2 is 1.64 bits per heavy atom. The molecule has 3 aromatic rings. The number of benzene rings is 3. The number of esters is 1. The maximum absolute atomic E-state index is 13.4. The Balaban J connectivity index is 1.53. The summed E-state index contributed by atoms with van der Waals surface area (Å²) in [6, 6.07) is 19.3. The van der Waals surface area contributed by atoms with Crippen LogP contribution in [0.5, 0.6) is 0 Å². The molecule has 0 saturated heterocycles. The molecule has 126 valence electrons. The molecule has 0 fully saturated rings. The van der Waals surface area contributed by atoms with Crippen LogP contribution >= 0.6 is 0 Å². The fraction of sp³-hybridized carbons (Fsp3) is 0.100. The first-order valence-electron chi connectivity index (χ1n) is 7.79. The first-order valence-corrected chi connectivity index (χ1v) is 7.79. The van der Waals surface area contributed by atoms with Gasteiger partial charge in [-0.1, -0.05) is 54.6 Å². The predicted molar refractivity (Wildman–Crippen MR) is 93.6 cm³/mol. The monoisotopic (exact) mass is 337 g/mol. The van der Waals surface area contributed by atoms with E-state index in [0.29, 0.717) is 0 Å². The number of hydrogen-bond donors (Lipinski definition) is 1. The van der Waals surface area contributed by atoms with Crippen LogP contribution < -0.4 is 5.32 Å². The molecule has 0 spiro atoms. The Labute approximate surface area is 144 Å². The van der Waals surface area contributed by atoms with Crippen LogP contribution in [0.4, 0.5) is 10.1 Å². The minimum Gasteiger partial charge on any atom is -0.455 e. The van der Waals surface area contributed by atoms with E-state index in [4.69, 9.17) is 4.74 Å². The Morgan fingerprint density at radius 3 is 2.44 bits per heavy atom. The van der Waals surface area contributed by atoms with Gasteiger partial charge < -0.3 is 10.1 Å². The number of halogens is 1. The molecule has 0 atom stereocenters. The fourth-order valence-corrected chi connectivity index (χ4v) is 2.46. The van der Waals surface area contributed by atoms with Crippen LogP contribution in [0.2, 0.25) is 0 Å². The van der Waals surface area contributed by atoms with Gasteiger partial charge in [-0.3, -0.25) is 9.59 Å². The van der Waals surface area contributed by atoms with Crippen molar-refractivity contribution in [1.82, 2.24) is 0 Å². The zero-order chi connectivity index (χ0) is 17.6. The van der Waals surface area contributed by atoms with E-state index in [1.165, 1.54) is 18.2 Å². The van der Waals surface area contributed by atoms with Crippen LogP contribution in [0, 0.1) is 5.82 Å². The largest absolute Gasteiger partial charge is 0.455 e. The zero-order valence-corrected chi connectivity index (χ0v) is 13.4. The highest BCUT2D eigenvalue weighted by Crippen LogP contribution is 2.16. The highest BCUT2D eigenvalue weighted by atomic mass is 19.1. The molecule has 3 rings (SSSR count). The topological polar surface area (TPSA) is 55.4 Å². The smallest absolute Gasteiger partial charge is 0.310 e. The summed E-state index contributed by atoms with van der Waals surface area (Å²) in [5.74, 6) is -1.64. The second-order valence-electron chi connectivity index (χ2n) is 5.55. The molecule has 1 N–H and O–H groups in total. The van der Waals surface area contributed by atoms with Crippen LogP contribution in [0.1, 0.15) is 5.56 Å². The molecule has 0 bridgehead atoms. The van der Waals surface area contributed by atoms with E-state index in [1.807, 2.05) is 42.5 Å². The van der Waals surface area contributed by atoms with Crippen molar-refractivity contribution in [3.8, 4) is 0 Å². The number of carbonyl (C=O) groups is 2. The second kappa shape index (κ2) is 7.57. The van der Waals surface area contributed by atoms with Gasteiger partial charge in [0.25, 0.3) is 5.91 Å². The third-order valence-corrected chi connectivity index (χ3v) is 3.67. The maximum Gasteiger partial charge on any atom is 0.310 e. The van der Waals surface area contributed by atoms with Crippen LogP contribution in [0.3, 0.4) is 0 Å². The van der Waals surface area contributed by atoms with Gasteiger partial charge in [0.2, 0.25) is 0 Å². The van der Waals surface area contributed by atoms with Crippen molar-refractivity contribution in [2.24, 2.45) is 0 Å². The van der Waals surface area contributed by atoms with E-state index in [1.54, 1.807) is 6.07 Å². The van der Waals surface area contributed by atoms with Crippen molar-refractivity contribution in [3.05, 3.63) is 78.1 Å². The van der Waals surface area contributed by atoms with Gasteiger partial charge in [0.05, 0.1) is 12.1 Å². The summed E-state index contributed by atoms with van der Waals surface area (Å²) in [6.07, 6.45) is 0.0673. The van der Waals surface area contributed by atoms with Gasteiger partial charge in [0.1, 0.15) is 5.82 Å². The van der Waals surface area contributed by atoms with Crippen molar-refractivity contribution in [1.29, 1.82) is 0 Å². The third-order valence-electron chi connectivity index (χ3n) is 3.67. The number of rotatable bonds is 5. The van der Waals surface area contributed by atoms with E-state index in [0.717, 1.165) is 16.3 Å². The highest BCUT2D eigenvalue weighted by Gasteiger charge is 2.11. The van der Waals surface area contributed by atoms with E-state index < -0.39 is 24.3 Å². The number of carbonyl (C=O) groups excluding carboxylic acids is 2. The average molecular weight is 337 g/mol. The van der Waals surface area contributed by atoms with Crippen LogP contribution in [0.15, 0.2) is 66.7 Å². The second-order valence-corrected chi connectivity index (χ2v) is 5.55. The molecule has 3 aromatic carbocycles. The quantitative estimate of drug-likeness (QED) is 0.722. The SMILES string of the molecule is O=C(COC(=O)Cc1ccc2ccccc2c1)Nc1ccccc1F. The molecule has 0 aliphatic rings. The maximum atomic E-state index is 13.4. The normalized spacial score (nSPS) is 10.4. The molecular formula is C20H16FNO3. The van der Waals surface area contributed by atoms with Gasteiger partial charge in [0.15, 0.2) is 6.61 Å². The number of para-hydroxylation sites is 1. The number of ether oxygens (including phenoxy) is 1. The van der Waals surface area contributed by atoms with E-state index in [9.17, 15) is 14.0 Å². The van der Waals surface area contributed by atoms with E-state index >= 15 is 0 Å². The minimum atomic E-state index is -0.586. The lowest BCUT2D eigenvalue weighted by Crippen LogP contribution is -2.22. The van der Waals surface area contributed by atoms with Crippen LogP contribution in [-0.2, 0) is 20.7 Å². The summed E-state index contributed by atoms with van der Waals surface area (Å²) < 4.78 is 18.4. The molecule has 1 amide bonds. The Bertz CT molecular complexity index is 923. The third kappa shape index (κ3) is 4.41. The summed E-state index contributed by atoms with van der Waals surface area (Å²) in [6.45, 7) is -0.458. The fourth-order valence-electron chi connectivity index (χ4n) is 2.46. The minimum absolute atomic E-state index is 0.0538. The number of nitrogens with one attached hydrogen (secondary N) is 1. The summed E-state index contributed by atoms with van der Waals surface area (Å²) in [5, 5.41) is 4.48. The van der Waals surface area contributed by atoms with Gasteiger partial charge in [-0.05, 0) is 28.5 Å². The predicted octanol–water partition coefficient (Wildman–Crippen LogP) is 3.70.